The van der Waals surface area contributed by atoms with E-state index in [-0.39, 0.29) is 29.9 Å². The molecule has 2 aliphatic rings. The van der Waals surface area contributed by atoms with Crippen LogP contribution in [0.5, 0.6) is 0 Å². The van der Waals surface area contributed by atoms with Gasteiger partial charge in [0.25, 0.3) is 5.91 Å². The summed E-state index contributed by atoms with van der Waals surface area (Å²) in [4.78, 5) is 61.5. The number of aryl methyl sites for hydroxylation is 1. The van der Waals surface area contributed by atoms with Gasteiger partial charge in [0.2, 0.25) is 5.91 Å². The zero-order valence-corrected chi connectivity index (χ0v) is 32.9. The molecule has 4 atom stereocenters. The minimum absolute atomic E-state index is 0.0905. The van der Waals surface area contributed by atoms with E-state index in [0.717, 1.165) is 76.3 Å². The standard InChI is InChI=1S/C46H48N8O4/c1-29-26-34(37-28-48-43(50-37)39-17-11-25-54(39)45(56)41(52(2)3)33-14-8-5-9-15-33)22-23-35(29)30-18-20-31(21-19-30)36-27-47-42(49-36)38-16-10-24-53(38)44(55)40(51-46(57)58)32-12-6-4-7-13-32/h4-9,12-15,18-23,26-28,38-41,51H,10-11,16-17,24-25H2,1-3H3,(H,47,49)(H,48,50)(H,57,58)/t38-,39-,40+,41+/m0/s1. The van der Waals surface area contributed by atoms with Gasteiger partial charge in [-0.05, 0) is 91.7 Å². The summed E-state index contributed by atoms with van der Waals surface area (Å²) in [6.45, 7) is 3.33. The van der Waals surface area contributed by atoms with Gasteiger partial charge in [0.05, 0.1) is 35.9 Å². The second-order valence-corrected chi connectivity index (χ2v) is 15.4. The summed E-state index contributed by atoms with van der Waals surface area (Å²) in [5.74, 6) is 1.28. The number of aromatic amines is 2. The highest BCUT2D eigenvalue weighted by Gasteiger charge is 2.38. The van der Waals surface area contributed by atoms with E-state index in [4.69, 9.17) is 4.98 Å². The van der Waals surface area contributed by atoms with Crippen molar-refractivity contribution in [2.45, 2.75) is 56.8 Å². The summed E-state index contributed by atoms with van der Waals surface area (Å²) in [7, 11) is 3.90. The monoisotopic (exact) mass is 776 g/mol. The van der Waals surface area contributed by atoms with Crippen LogP contribution >= 0.6 is 0 Å². The first kappa shape index (κ1) is 38.3. The van der Waals surface area contributed by atoms with E-state index in [1.807, 2.05) is 66.5 Å². The number of likely N-dealkylation sites (tertiary alicyclic amines) is 2. The van der Waals surface area contributed by atoms with Gasteiger partial charge in [-0.3, -0.25) is 14.5 Å². The third-order valence-corrected chi connectivity index (χ3v) is 11.5. The summed E-state index contributed by atoms with van der Waals surface area (Å²) < 4.78 is 0. The smallest absolute Gasteiger partial charge is 0.405 e. The number of carboxylic acid groups (broad SMARTS) is 1. The van der Waals surface area contributed by atoms with Crippen molar-refractivity contribution in [3.63, 3.8) is 0 Å². The molecule has 2 fully saturated rings. The first-order chi connectivity index (χ1) is 28.2. The highest BCUT2D eigenvalue weighted by Crippen LogP contribution is 2.37. The molecule has 0 radical (unpaired) electrons. The average Bonchev–Trinajstić information content (AvgIpc) is 4.07. The molecule has 0 spiro atoms. The lowest BCUT2D eigenvalue weighted by molar-refractivity contribution is -0.137. The van der Waals surface area contributed by atoms with Gasteiger partial charge in [0, 0.05) is 13.1 Å². The number of H-pyrrole nitrogens is 2. The van der Waals surface area contributed by atoms with E-state index in [0.29, 0.717) is 24.5 Å². The maximum atomic E-state index is 14.0. The molecule has 6 aromatic rings. The number of hydrogen-bond acceptors (Lipinski definition) is 6. The minimum Gasteiger partial charge on any atom is -0.465 e. The highest BCUT2D eigenvalue weighted by molar-refractivity contribution is 5.87. The topological polar surface area (TPSA) is 151 Å². The largest absolute Gasteiger partial charge is 0.465 e. The molecular formula is C46H48N8O4. The van der Waals surface area contributed by atoms with Gasteiger partial charge >= 0.3 is 6.09 Å². The lowest BCUT2D eigenvalue weighted by Gasteiger charge is -2.31. The van der Waals surface area contributed by atoms with Gasteiger partial charge in [0.1, 0.15) is 23.7 Å². The molecule has 4 aromatic carbocycles. The average molecular weight is 777 g/mol. The number of carbonyl (C=O) groups excluding carboxylic acids is 2. The summed E-state index contributed by atoms with van der Waals surface area (Å²) in [5, 5.41) is 11.9. The molecule has 12 nitrogen and oxygen atoms in total. The molecule has 58 heavy (non-hydrogen) atoms. The van der Waals surface area contributed by atoms with E-state index < -0.39 is 12.1 Å². The van der Waals surface area contributed by atoms with Crippen molar-refractivity contribution in [1.82, 2.24) is 40.0 Å². The van der Waals surface area contributed by atoms with Crippen LogP contribution in [0.15, 0.2) is 116 Å². The van der Waals surface area contributed by atoms with E-state index in [1.54, 1.807) is 35.4 Å². The van der Waals surface area contributed by atoms with E-state index in [2.05, 4.69) is 69.7 Å². The summed E-state index contributed by atoms with van der Waals surface area (Å²) in [5.41, 5.74) is 8.65. The molecule has 3 amide bonds. The van der Waals surface area contributed by atoms with Crippen LogP contribution in [0.4, 0.5) is 4.79 Å². The van der Waals surface area contributed by atoms with Crippen molar-refractivity contribution < 1.29 is 19.5 Å². The fourth-order valence-corrected chi connectivity index (χ4v) is 8.60. The van der Waals surface area contributed by atoms with Crippen molar-refractivity contribution in [3.05, 3.63) is 144 Å². The highest BCUT2D eigenvalue weighted by atomic mass is 16.4. The normalized spacial score (nSPS) is 17.7. The summed E-state index contributed by atoms with van der Waals surface area (Å²) in [6.07, 6.45) is 5.72. The van der Waals surface area contributed by atoms with Gasteiger partial charge in [0.15, 0.2) is 0 Å². The van der Waals surface area contributed by atoms with Crippen molar-refractivity contribution in [2.24, 2.45) is 0 Å². The van der Waals surface area contributed by atoms with E-state index in [1.165, 1.54) is 0 Å². The molecule has 12 heteroatoms. The summed E-state index contributed by atoms with van der Waals surface area (Å²) >= 11 is 0. The lowest BCUT2D eigenvalue weighted by atomic mass is 9.96. The Hall–Kier alpha value is -6.53. The first-order valence-corrected chi connectivity index (χ1v) is 19.8. The number of aromatic nitrogens is 4. The van der Waals surface area contributed by atoms with Gasteiger partial charge in [-0.2, -0.15) is 0 Å². The van der Waals surface area contributed by atoms with Gasteiger partial charge < -0.3 is 30.2 Å². The minimum atomic E-state index is -1.25. The van der Waals surface area contributed by atoms with Crippen LogP contribution in [0.3, 0.4) is 0 Å². The SMILES string of the molecule is Cc1cc(-c2cnc([C@@H]3CCCN3C(=O)[C@@H](c3ccccc3)N(C)C)[nH]2)ccc1-c1ccc(-c2cnc([C@@H]3CCCN3C(=O)[C@H](NC(=O)O)c3ccccc3)[nH]2)cc1. The Bertz CT molecular complexity index is 2390. The Labute approximate surface area is 338 Å². The molecule has 296 valence electrons. The van der Waals surface area contributed by atoms with Crippen molar-refractivity contribution in [3.8, 4) is 33.6 Å². The van der Waals surface area contributed by atoms with E-state index in [9.17, 15) is 19.5 Å². The molecule has 2 aromatic heterocycles. The lowest BCUT2D eigenvalue weighted by Crippen LogP contribution is -2.42. The molecule has 0 aliphatic carbocycles. The number of imidazole rings is 2. The van der Waals surface area contributed by atoms with Crippen LogP contribution in [0, 0.1) is 6.92 Å². The number of amides is 3. The third-order valence-electron chi connectivity index (χ3n) is 11.5. The fraction of sp³-hybridized carbons (Fsp3) is 0.283. The second-order valence-electron chi connectivity index (χ2n) is 15.4. The van der Waals surface area contributed by atoms with E-state index >= 15 is 0 Å². The number of nitrogens with zero attached hydrogens (tertiary/aromatic N) is 5. The maximum absolute atomic E-state index is 14.0. The molecule has 4 heterocycles. The molecule has 4 N–H and O–H groups in total. The summed E-state index contributed by atoms with van der Waals surface area (Å²) in [6, 6.07) is 31.9. The van der Waals surface area contributed by atoms with Crippen molar-refractivity contribution in [2.75, 3.05) is 27.2 Å². The predicted octanol–water partition coefficient (Wildman–Crippen LogP) is 8.08. The predicted molar refractivity (Wildman–Crippen MR) is 222 cm³/mol. The van der Waals surface area contributed by atoms with Gasteiger partial charge in [-0.15, -0.1) is 0 Å². The molecular weight excluding hydrogens is 729 g/mol. The zero-order valence-electron chi connectivity index (χ0n) is 32.9. The van der Waals surface area contributed by atoms with Gasteiger partial charge in [-0.1, -0.05) is 97.1 Å². The Morgan fingerprint density at radius 2 is 1.22 bits per heavy atom. The maximum Gasteiger partial charge on any atom is 0.405 e. The number of rotatable bonds is 11. The number of benzene rings is 4. The number of nitrogens with one attached hydrogen (secondary N) is 3. The second kappa shape index (κ2) is 16.5. The van der Waals surface area contributed by atoms with Gasteiger partial charge in [-0.25, -0.2) is 14.8 Å². The van der Waals surface area contributed by atoms with Crippen molar-refractivity contribution in [1.29, 1.82) is 0 Å². The van der Waals surface area contributed by atoms with Crippen LogP contribution < -0.4 is 5.32 Å². The quantitative estimate of drug-likeness (QED) is 0.104. The molecule has 0 saturated carbocycles. The molecule has 0 unspecified atom stereocenters. The first-order valence-electron chi connectivity index (χ1n) is 19.8. The van der Waals surface area contributed by atoms with Crippen LogP contribution in [-0.4, -0.2) is 84.8 Å². The molecule has 0 bridgehead atoms. The Morgan fingerprint density at radius 3 is 1.78 bits per heavy atom. The number of hydrogen-bond donors (Lipinski definition) is 4. The van der Waals surface area contributed by atoms with Crippen LogP contribution in [0.2, 0.25) is 0 Å². The third kappa shape index (κ3) is 7.75. The molecule has 2 saturated heterocycles. The number of carbonyl (C=O) groups is 3. The van der Waals surface area contributed by atoms with Crippen LogP contribution in [-0.2, 0) is 9.59 Å². The van der Waals surface area contributed by atoms with Crippen molar-refractivity contribution >= 4 is 17.9 Å². The molecule has 2 aliphatic heterocycles. The fourth-order valence-electron chi connectivity index (χ4n) is 8.60. The Balaban J connectivity index is 0.949. The van der Waals surface area contributed by atoms with Crippen LogP contribution in [0.25, 0.3) is 33.6 Å². The molecule has 8 rings (SSSR count). The van der Waals surface area contributed by atoms with Crippen LogP contribution in [0.1, 0.15) is 78.2 Å². The Kier molecular flexibility index (Phi) is 10.9. The number of likely N-dealkylation sites (N-methyl/N-ethyl adjacent to an activating group) is 1. The zero-order chi connectivity index (χ0) is 40.3. The Morgan fingerprint density at radius 1 is 0.707 bits per heavy atom.